The van der Waals surface area contributed by atoms with E-state index < -0.39 is 0 Å². The Kier molecular flexibility index (Phi) is 4.27. The van der Waals surface area contributed by atoms with Crippen molar-refractivity contribution in [1.29, 1.82) is 0 Å². The summed E-state index contributed by atoms with van der Waals surface area (Å²) < 4.78 is 0. The Balaban J connectivity index is 0.00000210. The number of fused-ring (bicyclic) bond motifs is 1. The number of H-pyrrole nitrogens is 1. The minimum Gasteiger partial charge on any atom is -0.330 e. The number of aromatic nitrogens is 3. The van der Waals surface area contributed by atoms with Crippen LogP contribution in [0.5, 0.6) is 0 Å². The van der Waals surface area contributed by atoms with Crippen LogP contribution < -0.4 is 5.73 Å². The molecule has 2 heterocycles. The second-order valence-corrected chi connectivity index (χ2v) is 7.00. The van der Waals surface area contributed by atoms with Crippen LogP contribution in [0.3, 0.4) is 0 Å². The second-order valence-electron chi connectivity index (χ2n) is 7.00. The van der Waals surface area contributed by atoms with E-state index in [-0.39, 0.29) is 6.84 Å². The predicted molar refractivity (Wildman–Crippen MR) is 108 cm³/mol. The lowest BCUT2D eigenvalue weighted by atomic mass is 9.76. The maximum atomic E-state index is 6.22. The first kappa shape index (κ1) is 16.5. The maximum Gasteiger partial charge on any atom is 0.155 e. The molecule has 0 saturated carbocycles. The molecule has 0 aliphatic heterocycles. The number of nitrogens with two attached hydrogens (primary N) is 1. The van der Waals surface area contributed by atoms with Gasteiger partial charge in [0.1, 0.15) is 0 Å². The summed E-state index contributed by atoms with van der Waals surface area (Å²) in [4.78, 5) is 4.33. The van der Waals surface area contributed by atoms with Crippen LogP contribution in [-0.2, 0) is 11.8 Å². The molecule has 132 valence electrons. The topological polar surface area (TPSA) is 67.6 Å². The molecule has 4 heteroatoms. The highest BCUT2D eigenvalue weighted by Gasteiger charge is 2.26. The highest BCUT2D eigenvalue weighted by Crippen LogP contribution is 2.32. The van der Waals surface area contributed by atoms with E-state index in [4.69, 9.17) is 5.73 Å². The van der Waals surface area contributed by atoms with E-state index in [9.17, 15) is 0 Å². The molecule has 0 aliphatic rings. The highest BCUT2D eigenvalue weighted by molar-refractivity contribution is 5.92. The Hall–Kier alpha value is -2.98. The zero-order valence-electron chi connectivity index (χ0n) is 14.8. The number of rotatable bonds is 5. The molecule has 3 N–H and O–H groups in total. The summed E-state index contributed by atoms with van der Waals surface area (Å²) in [6.45, 7) is 2.82. The fraction of sp³-hybridized carbons (Fsp3) is 0.182. The SMILES string of the molecule is CC(CN)(Cc1ccccc1)c1cccc(-c2ccnc3[nH]ncc23)c1.[HH]. The van der Waals surface area contributed by atoms with E-state index in [1.54, 1.807) is 0 Å². The zero-order chi connectivity index (χ0) is 18.0. The van der Waals surface area contributed by atoms with E-state index in [1.165, 1.54) is 11.1 Å². The molecule has 2 aromatic heterocycles. The largest absolute Gasteiger partial charge is 0.330 e. The molecule has 4 aromatic rings. The van der Waals surface area contributed by atoms with Crippen molar-refractivity contribution in [2.75, 3.05) is 6.54 Å². The number of nitrogens with zero attached hydrogens (tertiary/aromatic N) is 2. The number of hydrogen-bond acceptors (Lipinski definition) is 3. The number of benzene rings is 2. The van der Waals surface area contributed by atoms with Gasteiger partial charge < -0.3 is 5.73 Å². The van der Waals surface area contributed by atoms with Crippen LogP contribution in [0.1, 0.15) is 19.5 Å². The van der Waals surface area contributed by atoms with Crippen LogP contribution in [0, 0.1) is 0 Å². The van der Waals surface area contributed by atoms with Gasteiger partial charge in [0.25, 0.3) is 0 Å². The maximum absolute atomic E-state index is 6.22. The van der Waals surface area contributed by atoms with E-state index in [1.807, 2.05) is 24.5 Å². The van der Waals surface area contributed by atoms with E-state index in [2.05, 4.69) is 70.6 Å². The minimum atomic E-state index is -0.125. The van der Waals surface area contributed by atoms with Crippen molar-refractivity contribution >= 4 is 11.0 Å². The van der Waals surface area contributed by atoms with Crippen molar-refractivity contribution < 1.29 is 1.43 Å². The van der Waals surface area contributed by atoms with E-state index in [0.29, 0.717) is 6.54 Å². The van der Waals surface area contributed by atoms with Gasteiger partial charge in [-0.25, -0.2) is 4.98 Å². The van der Waals surface area contributed by atoms with Gasteiger partial charge in [-0.15, -0.1) is 0 Å². The van der Waals surface area contributed by atoms with Gasteiger partial charge in [0.15, 0.2) is 5.65 Å². The van der Waals surface area contributed by atoms with Crippen molar-refractivity contribution in [3.05, 3.63) is 84.2 Å². The monoisotopic (exact) mass is 344 g/mol. The van der Waals surface area contributed by atoms with Gasteiger partial charge in [-0.2, -0.15) is 5.10 Å². The van der Waals surface area contributed by atoms with Gasteiger partial charge in [-0.3, -0.25) is 5.10 Å². The van der Waals surface area contributed by atoms with Gasteiger partial charge in [-0.1, -0.05) is 61.5 Å². The fourth-order valence-corrected chi connectivity index (χ4v) is 3.50. The van der Waals surface area contributed by atoms with Crippen LogP contribution >= 0.6 is 0 Å². The third kappa shape index (κ3) is 3.00. The Morgan fingerprint density at radius 1 is 1.08 bits per heavy atom. The molecule has 4 nitrogen and oxygen atoms in total. The smallest absolute Gasteiger partial charge is 0.155 e. The van der Waals surface area contributed by atoms with Gasteiger partial charge in [0.05, 0.1) is 6.20 Å². The average molecular weight is 344 g/mol. The summed E-state index contributed by atoms with van der Waals surface area (Å²) in [7, 11) is 0. The molecule has 0 saturated heterocycles. The third-order valence-electron chi connectivity index (χ3n) is 5.11. The molecule has 0 fully saturated rings. The van der Waals surface area contributed by atoms with Crippen LogP contribution in [0.15, 0.2) is 73.1 Å². The van der Waals surface area contributed by atoms with Crippen molar-refractivity contribution in [3.8, 4) is 11.1 Å². The lowest BCUT2D eigenvalue weighted by molar-refractivity contribution is 0.481. The Morgan fingerprint density at radius 2 is 1.92 bits per heavy atom. The Bertz CT molecular complexity index is 1030. The third-order valence-corrected chi connectivity index (χ3v) is 5.11. The molecule has 4 rings (SSSR count). The summed E-state index contributed by atoms with van der Waals surface area (Å²) >= 11 is 0. The normalized spacial score (nSPS) is 13.6. The number of aromatic amines is 1. The molecule has 0 radical (unpaired) electrons. The van der Waals surface area contributed by atoms with Gasteiger partial charge in [0.2, 0.25) is 0 Å². The summed E-state index contributed by atoms with van der Waals surface area (Å²) in [5, 5.41) is 8.09. The molecular formula is C22H24N4. The molecule has 1 atom stereocenters. The van der Waals surface area contributed by atoms with Crippen molar-refractivity contribution in [3.63, 3.8) is 0 Å². The quantitative estimate of drug-likeness (QED) is 0.566. The summed E-state index contributed by atoms with van der Waals surface area (Å²) in [5.41, 5.74) is 11.7. The molecule has 26 heavy (non-hydrogen) atoms. The average Bonchev–Trinajstić information content (AvgIpc) is 3.17. The first-order valence-corrected chi connectivity index (χ1v) is 8.83. The standard InChI is InChI=1S/C22H22N4.H2/c1-22(15-23,13-16-6-3-2-4-7-16)18-9-5-8-17(12-18)19-10-11-24-21-20(19)14-25-26-21;/h2-12,14H,13,15,23H2,1H3,(H,24,25,26);1H. The molecule has 0 amide bonds. The molecule has 0 spiro atoms. The fourth-order valence-electron chi connectivity index (χ4n) is 3.50. The molecule has 0 bridgehead atoms. The number of nitrogens with one attached hydrogen (secondary N) is 1. The van der Waals surface area contributed by atoms with Crippen LogP contribution in [0.2, 0.25) is 0 Å². The summed E-state index contributed by atoms with van der Waals surface area (Å²) in [6.07, 6.45) is 4.55. The van der Waals surface area contributed by atoms with E-state index >= 15 is 0 Å². The molecular weight excluding hydrogens is 320 g/mol. The summed E-state index contributed by atoms with van der Waals surface area (Å²) in [6, 6.07) is 21.2. The van der Waals surface area contributed by atoms with Gasteiger partial charge in [0, 0.05) is 25.0 Å². The molecule has 2 aromatic carbocycles. The van der Waals surface area contributed by atoms with Crippen LogP contribution in [0.25, 0.3) is 22.2 Å². The first-order valence-electron chi connectivity index (χ1n) is 8.83. The summed E-state index contributed by atoms with van der Waals surface area (Å²) in [5.74, 6) is 0. The molecule has 0 aliphatic carbocycles. The lowest BCUT2D eigenvalue weighted by Crippen LogP contribution is -2.34. The molecule has 1 unspecified atom stereocenters. The van der Waals surface area contributed by atoms with Crippen LogP contribution in [-0.4, -0.2) is 21.7 Å². The second kappa shape index (κ2) is 6.73. The predicted octanol–water partition coefficient (Wildman–Crippen LogP) is 4.33. The van der Waals surface area contributed by atoms with Gasteiger partial charge in [-0.05, 0) is 34.7 Å². The Labute approximate surface area is 154 Å². The van der Waals surface area contributed by atoms with Gasteiger partial charge >= 0.3 is 0 Å². The Morgan fingerprint density at radius 3 is 2.73 bits per heavy atom. The van der Waals surface area contributed by atoms with E-state index in [0.717, 1.165) is 28.6 Å². The lowest BCUT2D eigenvalue weighted by Gasteiger charge is -2.29. The zero-order valence-corrected chi connectivity index (χ0v) is 14.8. The number of pyridine rings is 1. The highest BCUT2D eigenvalue weighted by atomic mass is 15.1. The minimum absolute atomic E-state index is 0. The first-order chi connectivity index (χ1) is 12.7. The van der Waals surface area contributed by atoms with Crippen molar-refractivity contribution in [2.45, 2.75) is 18.8 Å². The van der Waals surface area contributed by atoms with Crippen molar-refractivity contribution in [1.82, 2.24) is 15.2 Å². The van der Waals surface area contributed by atoms with Crippen LogP contribution in [0.4, 0.5) is 0 Å². The van der Waals surface area contributed by atoms with Crippen molar-refractivity contribution in [2.24, 2.45) is 5.73 Å². The number of hydrogen-bond donors (Lipinski definition) is 2.